The van der Waals surface area contributed by atoms with E-state index in [9.17, 15) is 14.3 Å². The molecule has 1 aliphatic heterocycles. The summed E-state index contributed by atoms with van der Waals surface area (Å²) in [6.45, 7) is 2.56. The number of hydrogen-bond donors (Lipinski definition) is 3. The first-order chi connectivity index (χ1) is 15.9. The highest BCUT2D eigenvalue weighted by atomic mass is 35.5. The number of rotatable bonds is 8. The summed E-state index contributed by atoms with van der Waals surface area (Å²) in [5.74, 6) is 0.0916. The summed E-state index contributed by atoms with van der Waals surface area (Å²) in [5.41, 5.74) is -0.0612. The van der Waals surface area contributed by atoms with Crippen molar-refractivity contribution in [2.75, 3.05) is 37.8 Å². The fourth-order valence-corrected chi connectivity index (χ4v) is 5.05. The molecule has 11 heteroatoms. The van der Waals surface area contributed by atoms with Gasteiger partial charge in [-0.25, -0.2) is 9.37 Å². The molecule has 6 rings (SSSR count). The summed E-state index contributed by atoms with van der Waals surface area (Å²) < 4.78 is 24.2. The molecule has 176 valence electrons. The fraction of sp³-hybridized carbons (Fsp3) is 0.500. The molecule has 3 saturated carbocycles. The van der Waals surface area contributed by atoms with E-state index in [1.54, 1.807) is 12.4 Å². The van der Waals surface area contributed by atoms with Crippen LogP contribution >= 0.6 is 11.6 Å². The number of aliphatic hydroxyl groups excluding tert-OH is 1. The molecule has 1 saturated heterocycles. The SMILES string of the molecule is O=C(COc1ccc(Cl)c(F)c1)NC12CC(NC(O)c3cncc(N4CCOCC4)n3)(C1)C2. The van der Waals surface area contributed by atoms with Crippen molar-refractivity contribution < 1.29 is 23.8 Å². The van der Waals surface area contributed by atoms with Gasteiger partial charge in [-0.3, -0.25) is 15.1 Å². The number of carbonyl (C=O) groups is 1. The summed E-state index contributed by atoms with van der Waals surface area (Å²) >= 11 is 5.65. The zero-order valence-electron chi connectivity index (χ0n) is 17.9. The maximum absolute atomic E-state index is 13.5. The first-order valence-corrected chi connectivity index (χ1v) is 11.2. The second-order valence-corrected chi connectivity index (χ2v) is 9.36. The largest absolute Gasteiger partial charge is 0.484 e. The van der Waals surface area contributed by atoms with Crippen LogP contribution in [-0.4, -0.2) is 65.0 Å². The first kappa shape index (κ1) is 22.3. The molecule has 9 nitrogen and oxygen atoms in total. The number of aliphatic hydroxyl groups is 1. The Morgan fingerprint density at radius 1 is 1.27 bits per heavy atom. The van der Waals surface area contributed by atoms with Gasteiger partial charge in [0.05, 0.1) is 30.6 Å². The Labute approximate surface area is 195 Å². The summed E-state index contributed by atoms with van der Waals surface area (Å²) in [5, 5.41) is 16.9. The molecule has 3 aliphatic carbocycles. The second kappa shape index (κ2) is 8.68. The maximum Gasteiger partial charge on any atom is 0.258 e. The molecule has 1 aromatic carbocycles. The van der Waals surface area contributed by atoms with Crippen molar-refractivity contribution in [1.82, 2.24) is 20.6 Å². The minimum Gasteiger partial charge on any atom is -0.484 e. The maximum atomic E-state index is 13.5. The van der Waals surface area contributed by atoms with E-state index >= 15 is 0 Å². The molecular formula is C22H25ClFN5O4. The lowest BCUT2D eigenvalue weighted by Crippen LogP contribution is -2.83. The van der Waals surface area contributed by atoms with Crippen molar-refractivity contribution in [2.24, 2.45) is 0 Å². The summed E-state index contributed by atoms with van der Waals surface area (Å²) in [4.78, 5) is 23.2. The fourth-order valence-electron chi connectivity index (χ4n) is 4.93. The molecule has 2 heterocycles. The van der Waals surface area contributed by atoms with Gasteiger partial charge >= 0.3 is 0 Å². The van der Waals surface area contributed by atoms with Gasteiger partial charge in [-0.2, -0.15) is 0 Å². The monoisotopic (exact) mass is 477 g/mol. The number of amides is 1. The number of halogens is 2. The molecular weight excluding hydrogens is 453 g/mol. The highest BCUT2D eigenvalue weighted by Gasteiger charge is 2.69. The van der Waals surface area contributed by atoms with Crippen LogP contribution in [0.25, 0.3) is 0 Å². The molecule has 1 aromatic heterocycles. The molecule has 33 heavy (non-hydrogen) atoms. The Bertz CT molecular complexity index is 1030. The van der Waals surface area contributed by atoms with E-state index in [-0.39, 0.29) is 34.4 Å². The Hall–Kier alpha value is -2.53. The van der Waals surface area contributed by atoms with E-state index in [0.717, 1.165) is 25.0 Å². The van der Waals surface area contributed by atoms with Gasteiger partial charge in [-0.1, -0.05) is 11.6 Å². The third kappa shape index (κ3) is 4.61. The third-order valence-electron chi connectivity index (χ3n) is 6.39. The van der Waals surface area contributed by atoms with Crippen LogP contribution in [0, 0.1) is 5.82 Å². The van der Waals surface area contributed by atoms with Crippen molar-refractivity contribution in [3.05, 3.63) is 47.1 Å². The molecule has 1 unspecified atom stereocenters. The van der Waals surface area contributed by atoms with Crippen molar-refractivity contribution in [1.29, 1.82) is 0 Å². The number of aromatic nitrogens is 2. The predicted octanol–water partition coefficient (Wildman–Crippen LogP) is 1.56. The van der Waals surface area contributed by atoms with Crippen LogP contribution in [-0.2, 0) is 9.53 Å². The highest BCUT2D eigenvalue weighted by molar-refractivity contribution is 6.30. The summed E-state index contributed by atoms with van der Waals surface area (Å²) in [6, 6.07) is 4.04. The summed E-state index contributed by atoms with van der Waals surface area (Å²) in [6.07, 6.45) is 4.41. The number of morpholine rings is 1. The average molecular weight is 478 g/mol. The lowest BCUT2D eigenvalue weighted by Gasteiger charge is -2.71. The van der Waals surface area contributed by atoms with Gasteiger partial charge in [0.1, 0.15) is 29.3 Å². The predicted molar refractivity (Wildman–Crippen MR) is 118 cm³/mol. The normalized spacial score (nSPS) is 26.7. The second-order valence-electron chi connectivity index (χ2n) is 8.95. The smallest absolute Gasteiger partial charge is 0.258 e. The minimum atomic E-state index is -0.948. The number of carbonyl (C=O) groups excluding carboxylic acids is 1. The first-order valence-electron chi connectivity index (χ1n) is 10.8. The quantitative estimate of drug-likeness (QED) is 0.491. The molecule has 4 fully saturated rings. The summed E-state index contributed by atoms with van der Waals surface area (Å²) in [7, 11) is 0. The third-order valence-corrected chi connectivity index (χ3v) is 6.70. The minimum absolute atomic E-state index is 0.000503. The number of nitrogens with one attached hydrogen (secondary N) is 2. The van der Waals surface area contributed by atoms with E-state index in [2.05, 4.69) is 25.5 Å². The number of hydrogen-bond acceptors (Lipinski definition) is 8. The van der Waals surface area contributed by atoms with Crippen LogP contribution in [0.4, 0.5) is 10.2 Å². The lowest BCUT2D eigenvalue weighted by molar-refractivity contribution is -0.151. The van der Waals surface area contributed by atoms with E-state index in [0.29, 0.717) is 38.2 Å². The zero-order valence-corrected chi connectivity index (χ0v) is 18.6. The van der Waals surface area contributed by atoms with E-state index < -0.39 is 12.0 Å². The van der Waals surface area contributed by atoms with Crippen LogP contribution in [0.2, 0.25) is 5.02 Å². The van der Waals surface area contributed by atoms with Gasteiger partial charge in [0.2, 0.25) is 0 Å². The van der Waals surface area contributed by atoms with Gasteiger partial charge < -0.3 is 24.8 Å². The topological polar surface area (TPSA) is 109 Å². The molecule has 2 aromatic rings. The van der Waals surface area contributed by atoms with Crippen molar-refractivity contribution in [3.8, 4) is 5.75 Å². The highest BCUT2D eigenvalue weighted by Crippen LogP contribution is 2.60. The van der Waals surface area contributed by atoms with E-state index in [4.69, 9.17) is 21.1 Å². The molecule has 2 bridgehead atoms. The molecule has 0 radical (unpaired) electrons. The Morgan fingerprint density at radius 3 is 2.76 bits per heavy atom. The van der Waals surface area contributed by atoms with Crippen LogP contribution in [0.1, 0.15) is 31.2 Å². The Morgan fingerprint density at radius 2 is 2.03 bits per heavy atom. The molecule has 4 aliphatic rings. The lowest BCUT2D eigenvalue weighted by atomic mass is 9.44. The van der Waals surface area contributed by atoms with Gasteiger partial charge in [-0.15, -0.1) is 0 Å². The average Bonchev–Trinajstić information content (AvgIpc) is 2.78. The number of nitrogens with zero attached hydrogens (tertiary/aromatic N) is 3. The molecule has 3 N–H and O–H groups in total. The van der Waals surface area contributed by atoms with Crippen molar-refractivity contribution >= 4 is 23.3 Å². The zero-order chi connectivity index (χ0) is 23.1. The van der Waals surface area contributed by atoms with Gasteiger partial charge in [0, 0.05) is 30.2 Å². The van der Waals surface area contributed by atoms with E-state index in [1.807, 2.05) is 0 Å². The Balaban J connectivity index is 1.09. The molecule has 0 spiro atoms. The number of anilines is 1. The van der Waals surface area contributed by atoms with Gasteiger partial charge in [-0.05, 0) is 31.4 Å². The standard InChI is InChI=1S/C22H25ClFN5O4/c23-15-2-1-14(7-16(15)24)33-10-19(30)27-21-11-22(12-21,13-21)28-20(31)17-8-25-9-18(26-17)29-3-5-32-6-4-29/h1-2,7-9,20,28,31H,3-6,10-13H2,(H,27,30). The van der Waals surface area contributed by atoms with E-state index in [1.165, 1.54) is 12.1 Å². The van der Waals surface area contributed by atoms with Crippen molar-refractivity contribution in [3.63, 3.8) is 0 Å². The number of ether oxygens (including phenoxy) is 2. The van der Waals surface area contributed by atoms with Crippen LogP contribution in [0.5, 0.6) is 5.75 Å². The van der Waals surface area contributed by atoms with Gasteiger partial charge in [0.15, 0.2) is 6.61 Å². The molecule has 1 amide bonds. The van der Waals surface area contributed by atoms with Crippen LogP contribution < -0.4 is 20.3 Å². The van der Waals surface area contributed by atoms with Gasteiger partial charge in [0.25, 0.3) is 5.91 Å². The Kier molecular flexibility index (Phi) is 5.86. The van der Waals surface area contributed by atoms with Crippen molar-refractivity contribution in [2.45, 2.75) is 36.6 Å². The number of benzene rings is 1. The van der Waals surface area contributed by atoms with Crippen LogP contribution in [0.15, 0.2) is 30.6 Å². The molecule has 1 atom stereocenters. The van der Waals surface area contributed by atoms with Crippen LogP contribution in [0.3, 0.4) is 0 Å².